The molecule has 0 bridgehead atoms. The lowest BCUT2D eigenvalue weighted by molar-refractivity contribution is 0.598. The number of anilines is 1. The third kappa shape index (κ3) is 4.44. The fourth-order valence-corrected chi connectivity index (χ4v) is 5.05. The first-order valence-corrected chi connectivity index (χ1v) is 9.07. The van der Waals surface area contributed by atoms with E-state index in [9.17, 15) is 8.42 Å². The third-order valence-electron chi connectivity index (χ3n) is 2.41. The van der Waals surface area contributed by atoms with Crippen molar-refractivity contribution in [1.82, 2.24) is 0 Å². The van der Waals surface area contributed by atoms with Gasteiger partial charge in [0.2, 0.25) is 0 Å². The molecule has 0 amide bonds. The Morgan fingerprint density at radius 3 is 1.81 bits per heavy atom. The van der Waals surface area contributed by atoms with E-state index in [0.29, 0.717) is 17.6 Å². The van der Waals surface area contributed by atoms with E-state index >= 15 is 0 Å². The van der Waals surface area contributed by atoms with Crippen LogP contribution in [-0.2, 0) is 10.0 Å². The molecule has 8 heteroatoms. The highest BCUT2D eigenvalue weighted by atomic mass is 35.6. The number of hydrogen-bond donors (Lipinski definition) is 0. The van der Waals surface area contributed by atoms with Gasteiger partial charge in [0.15, 0.2) is 0 Å². The summed E-state index contributed by atoms with van der Waals surface area (Å²) in [5, 5.41) is 0. The van der Waals surface area contributed by atoms with E-state index in [1.165, 1.54) is 12.1 Å². The zero-order valence-electron chi connectivity index (χ0n) is 10.5. The molecule has 0 saturated carbocycles. The van der Waals surface area contributed by atoms with Gasteiger partial charge in [-0.3, -0.25) is 0 Å². The van der Waals surface area contributed by atoms with Crippen LogP contribution in [0.2, 0.25) is 0 Å². The highest BCUT2D eigenvalue weighted by molar-refractivity contribution is 8.17. The molecule has 0 spiro atoms. The Bertz CT molecular complexity index is 688. The van der Waals surface area contributed by atoms with Crippen LogP contribution in [0.1, 0.15) is 0 Å². The Hall–Kier alpha value is -0.590. The van der Waals surface area contributed by atoms with Gasteiger partial charge < -0.3 is 0 Å². The molecule has 0 radical (unpaired) electrons. The molecule has 2 aromatic rings. The summed E-state index contributed by atoms with van der Waals surface area (Å²) >= 11 is 17.9. The van der Waals surface area contributed by atoms with Gasteiger partial charge >= 0.3 is 0 Å². The quantitative estimate of drug-likeness (QED) is 0.560. The summed E-state index contributed by atoms with van der Waals surface area (Å²) in [7, 11) is -3.84. The second-order valence-electron chi connectivity index (χ2n) is 3.92. The molecule has 0 aliphatic heterocycles. The molecule has 0 unspecified atom stereocenters. The highest BCUT2D eigenvalue weighted by Gasteiger charge is 2.34. The van der Waals surface area contributed by atoms with Gasteiger partial charge in [0.1, 0.15) is 0 Å². The van der Waals surface area contributed by atoms with Gasteiger partial charge in [0, 0.05) is 11.9 Å². The van der Waals surface area contributed by atoms with Crippen molar-refractivity contribution in [2.75, 3.05) is 3.71 Å². The molecule has 3 nitrogen and oxygen atoms in total. The summed E-state index contributed by atoms with van der Waals surface area (Å²) in [6.07, 6.45) is 0. The van der Waals surface area contributed by atoms with Crippen molar-refractivity contribution in [2.45, 2.75) is 8.02 Å². The van der Waals surface area contributed by atoms with Crippen LogP contribution < -0.4 is 3.71 Å². The van der Waals surface area contributed by atoms with Crippen molar-refractivity contribution in [3.8, 4) is 0 Å². The maximum Gasteiger partial charge on any atom is 0.273 e. The van der Waals surface area contributed by atoms with E-state index < -0.39 is 13.1 Å². The van der Waals surface area contributed by atoms with Gasteiger partial charge in [-0.05, 0) is 24.3 Å². The summed E-state index contributed by atoms with van der Waals surface area (Å²) in [6.45, 7) is 0. The Balaban J connectivity index is 2.50. The number of hydrogen-bond acceptors (Lipinski definition) is 3. The number of nitrogens with zero attached hydrogens (tertiary/aromatic N) is 1. The number of sulfonamides is 1. The predicted octanol–water partition coefficient (Wildman–Crippen LogP) is 4.86. The Morgan fingerprint density at radius 2 is 1.33 bits per heavy atom. The van der Waals surface area contributed by atoms with Crippen LogP contribution in [-0.4, -0.2) is 11.5 Å². The normalized spacial score (nSPS) is 12.1. The Morgan fingerprint density at radius 1 is 0.857 bits per heavy atom. The Labute approximate surface area is 143 Å². The number of benzene rings is 2. The van der Waals surface area contributed by atoms with Crippen LogP contribution >= 0.6 is 46.8 Å². The van der Waals surface area contributed by atoms with Crippen LogP contribution in [0, 0.1) is 0 Å². The van der Waals surface area contributed by atoms with Crippen molar-refractivity contribution >= 4 is 62.5 Å². The summed E-state index contributed by atoms with van der Waals surface area (Å²) < 4.78 is 24.7. The van der Waals surface area contributed by atoms with E-state index in [0.717, 1.165) is 3.71 Å². The van der Waals surface area contributed by atoms with Crippen LogP contribution in [0.4, 0.5) is 5.69 Å². The van der Waals surface area contributed by atoms with Crippen LogP contribution in [0.3, 0.4) is 0 Å². The van der Waals surface area contributed by atoms with Crippen molar-refractivity contribution < 1.29 is 8.42 Å². The Kier molecular flexibility index (Phi) is 5.33. The maximum atomic E-state index is 12.7. The number of rotatable bonds is 4. The van der Waals surface area contributed by atoms with E-state index in [2.05, 4.69) is 0 Å². The van der Waals surface area contributed by atoms with Gasteiger partial charge in [-0.15, -0.1) is 0 Å². The molecule has 112 valence electrons. The zero-order chi connectivity index (χ0) is 15.5. The van der Waals surface area contributed by atoms with Crippen LogP contribution in [0.15, 0.2) is 65.6 Å². The standard InChI is InChI=1S/C13H10Cl3NO2S2/c14-13(15,16)20-17(11-7-3-1-4-8-11)21(18,19)12-9-5-2-6-10-12/h1-10H. The predicted molar refractivity (Wildman–Crippen MR) is 90.4 cm³/mol. The zero-order valence-corrected chi connectivity index (χ0v) is 14.4. The van der Waals surface area contributed by atoms with Crippen molar-refractivity contribution in [1.29, 1.82) is 0 Å². The average Bonchev–Trinajstić information content (AvgIpc) is 2.46. The van der Waals surface area contributed by atoms with E-state index in [1.807, 2.05) is 0 Å². The smallest absolute Gasteiger partial charge is 0.204 e. The summed E-state index contributed by atoms with van der Waals surface area (Å²) in [4.78, 5) is 0.121. The summed E-state index contributed by atoms with van der Waals surface area (Å²) in [5.41, 5.74) is 0.401. The molecule has 0 saturated heterocycles. The summed E-state index contributed by atoms with van der Waals surface area (Å²) in [5.74, 6) is 0. The number of para-hydroxylation sites is 1. The molecule has 2 aromatic carbocycles. The molecule has 0 aliphatic carbocycles. The monoisotopic (exact) mass is 381 g/mol. The minimum absolute atomic E-state index is 0.121. The second-order valence-corrected chi connectivity index (χ2v) is 10.0. The first kappa shape index (κ1) is 16.8. The van der Waals surface area contributed by atoms with Crippen molar-refractivity contribution in [3.63, 3.8) is 0 Å². The molecule has 2 rings (SSSR count). The first-order valence-electron chi connectivity index (χ1n) is 5.72. The molecule has 0 fully saturated rings. The molecule has 0 N–H and O–H groups in total. The summed E-state index contributed by atoms with van der Waals surface area (Å²) in [6, 6.07) is 16.4. The number of halogens is 3. The lowest BCUT2D eigenvalue weighted by Gasteiger charge is -2.25. The second kappa shape index (κ2) is 6.67. The lowest BCUT2D eigenvalue weighted by Crippen LogP contribution is -2.27. The van der Waals surface area contributed by atoms with Crippen molar-refractivity contribution in [2.24, 2.45) is 0 Å². The molecule has 0 heterocycles. The molecular weight excluding hydrogens is 373 g/mol. The fourth-order valence-electron chi connectivity index (χ4n) is 1.57. The largest absolute Gasteiger partial charge is 0.273 e. The van der Waals surface area contributed by atoms with E-state index in [1.54, 1.807) is 48.5 Å². The molecule has 0 atom stereocenters. The van der Waals surface area contributed by atoms with Gasteiger partial charge in [0.05, 0.1) is 10.6 Å². The number of alkyl halides is 3. The van der Waals surface area contributed by atoms with Gasteiger partial charge in [-0.25, -0.2) is 12.1 Å². The topological polar surface area (TPSA) is 37.4 Å². The van der Waals surface area contributed by atoms with Crippen LogP contribution in [0.5, 0.6) is 0 Å². The van der Waals surface area contributed by atoms with Gasteiger partial charge in [0.25, 0.3) is 13.1 Å². The molecule has 0 aliphatic rings. The minimum atomic E-state index is -3.84. The van der Waals surface area contributed by atoms with E-state index in [-0.39, 0.29) is 4.90 Å². The molecule has 0 aromatic heterocycles. The average molecular weight is 383 g/mol. The SMILES string of the molecule is O=S(=O)(c1ccccc1)N(SC(Cl)(Cl)Cl)c1ccccc1. The van der Waals surface area contributed by atoms with E-state index in [4.69, 9.17) is 34.8 Å². The third-order valence-corrected chi connectivity index (χ3v) is 5.95. The molecular formula is C13H10Cl3NO2S2. The maximum absolute atomic E-state index is 12.7. The highest BCUT2D eigenvalue weighted by Crippen LogP contribution is 2.45. The van der Waals surface area contributed by atoms with Crippen LogP contribution in [0.25, 0.3) is 0 Å². The molecule has 21 heavy (non-hydrogen) atoms. The fraction of sp³-hybridized carbons (Fsp3) is 0.0769. The minimum Gasteiger partial charge on any atom is -0.204 e. The first-order chi connectivity index (χ1) is 9.81. The van der Waals surface area contributed by atoms with Gasteiger partial charge in [-0.2, -0.15) is 0 Å². The lowest BCUT2D eigenvalue weighted by atomic mass is 10.3. The van der Waals surface area contributed by atoms with Gasteiger partial charge in [-0.1, -0.05) is 71.2 Å². The van der Waals surface area contributed by atoms with Crippen molar-refractivity contribution in [3.05, 3.63) is 60.7 Å².